The minimum Gasteiger partial charge on any atom is -0.466 e. The standard InChI is InChI=1S/C14H19N3O6S/c1-3-23-14(18)6-4-5-10(2)15-12-8-7-11(16-24(21)22)9-13(12)17(19)20/h7-10,15H,3-6H2,1-2H3. The smallest absolute Gasteiger partial charge is 0.316 e. The maximum atomic E-state index is 11.3. The molecular formula is C14H19N3O6S. The van der Waals surface area contributed by atoms with Crippen molar-refractivity contribution in [3.8, 4) is 0 Å². The normalized spacial score (nSPS) is 11.4. The van der Waals surface area contributed by atoms with Crippen LogP contribution in [0.2, 0.25) is 0 Å². The first-order valence-electron chi connectivity index (χ1n) is 7.35. The van der Waals surface area contributed by atoms with Crippen LogP contribution >= 0.6 is 0 Å². The zero-order valence-corrected chi connectivity index (χ0v) is 14.2. The Labute approximate surface area is 140 Å². The molecule has 0 aromatic heterocycles. The number of anilines is 1. The summed E-state index contributed by atoms with van der Waals surface area (Å²) in [4.78, 5) is 21.8. The van der Waals surface area contributed by atoms with Gasteiger partial charge in [-0.1, -0.05) is 0 Å². The average Bonchev–Trinajstić information content (AvgIpc) is 2.48. The van der Waals surface area contributed by atoms with Gasteiger partial charge in [-0.15, -0.1) is 4.36 Å². The first kappa shape index (κ1) is 19.6. The monoisotopic (exact) mass is 357 g/mol. The van der Waals surface area contributed by atoms with Crippen LogP contribution in [0.4, 0.5) is 17.1 Å². The highest BCUT2D eigenvalue weighted by Gasteiger charge is 2.16. The summed E-state index contributed by atoms with van der Waals surface area (Å²) in [7, 11) is -2.68. The molecular weight excluding hydrogens is 338 g/mol. The number of benzene rings is 1. The molecule has 0 radical (unpaired) electrons. The highest BCUT2D eigenvalue weighted by Crippen LogP contribution is 2.30. The van der Waals surface area contributed by atoms with Crippen molar-refractivity contribution in [1.82, 2.24) is 0 Å². The Morgan fingerprint density at radius 3 is 2.75 bits per heavy atom. The summed E-state index contributed by atoms with van der Waals surface area (Å²) in [5.41, 5.74) is -0.0197. The lowest BCUT2D eigenvalue weighted by atomic mass is 10.1. The lowest BCUT2D eigenvalue weighted by Gasteiger charge is -2.15. The van der Waals surface area contributed by atoms with E-state index in [2.05, 4.69) is 9.68 Å². The molecule has 1 N–H and O–H groups in total. The van der Waals surface area contributed by atoms with Crippen LogP contribution in [0.15, 0.2) is 22.6 Å². The van der Waals surface area contributed by atoms with E-state index in [1.807, 2.05) is 6.92 Å². The van der Waals surface area contributed by atoms with E-state index in [1.165, 1.54) is 12.1 Å². The number of carbonyl (C=O) groups is 1. The summed E-state index contributed by atoms with van der Waals surface area (Å²) in [5, 5.41) is 14.1. The van der Waals surface area contributed by atoms with Crippen LogP contribution in [0, 0.1) is 10.1 Å². The van der Waals surface area contributed by atoms with Gasteiger partial charge < -0.3 is 10.1 Å². The lowest BCUT2D eigenvalue weighted by Crippen LogP contribution is -2.16. The molecule has 132 valence electrons. The number of ether oxygens (including phenoxy) is 1. The molecule has 0 saturated heterocycles. The van der Waals surface area contributed by atoms with Crippen LogP contribution in [0.5, 0.6) is 0 Å². The minimum atomic E-state index is -2.68. The third kappa shape index (κ3) is 6.73. The fourth-order valence-electron chi connectivity index (χ4n) is 2.06. The number of nitrogens with zero attached hydrogens (tertiary/aromatic N) is 2. The molecule has 24 heavy (non-hydrogen) atoms. The number of hydrogen-bond donors (Lipinski definition) is 1. The summed E-state index contributed by atoms with van der Waals surface area (Å²) >= 11 is 0. The van der Waals surface area contributed by atoms with Crippen LogP contribution in [0.25, 0.3) is 0 Å². The summed E-state index contributed by atoms with van der Waals surface area (Å²) in [6.07, 6.45) is 1.49. The van der Waals surface area contributed by atoms with Crippen molar-refractivity contribution >= 4 is 33.5 Å². The molecule has 0 fully saturated rings. The van der Waals surface area contributed by atoms with Crippen LogP contribution in [-0.4, -0.2) is 32.0 Å². The maximum absolute atomic E-state index is 11.3. The molecule has 9 nitrogen and oxygen atoms in total. The van der Waals surface area contributed by atoms with Gasteiger partial charge in [-0.3, -0.25) is 14.9 Å². The van der Waals surface area contributed by atoms with Gasteiger partial charge in [0.2, 0.25) is 0 Å². The number of nitro benzene ring substituents is 1. The molecule has 0 heterocycles. The Morgan fingerprint density at radius 2 is 2.17 bits per heavy atom. The molecule has 1 rings (SSSR count). The Hall–Kier alpha value is -2.49. The number of rotatable bonds is 9. The minimum absolute atomic E-state index is 0.0180. The van der Waals surface area contributed by atoms with Crippen LogP contribution in [0.1, 0.15) is 33.1 Å². The van der Waals surface area contributed by atoms with Gasteiger partial charge in [0.15, 0.2) is 0 Å². The number of hydrogen-bond acceptors (Lipinski definition) is 8. The zero-order valence-electron chi connectivity index (χ0n) is 13.4. The first-order chi connectivity index (χ1) is 11.3. The maximum Gasteiger partial charge on any atom is 0.316 e. The molecule has 1 atom stereocenters. The van der Waals surface area contributed by atoms with Crippen LogP contribution < -0.4 is 5.32 Å². The highest BCUT2D eigenvalue weighted by molar-refractivity contribution is 7.61. The van der Waals surface area contributed by atoms with E-state index in [1.54, 1.807) is 6.92 Å². The SMILES string of the molecule is CCOC(=O)CCCC(C)Nc1ccc(N=S(=O)=O)cc1[N+](=O)[O-]. The predicted molar refractivity (Wildman–Crippen MR) is 87.7 cm³/mol. The van der Waals surface area contributed by atoms with Crippen molar-refractivity contribution in [3.05, 3.63) is 28.3 Å². The van der Waals surface area contributed by atoms with Crippen LogP contribution in [0.3, 0.4) is 0 Å². The molecule has 1 aromatic carbocycles. The van der Waals surface area contributed by atoms with E-state index < -0.39 is 15.4 Å². The number of nitrogens with one attached hydrogen (secondary N) is 1. The highest BCUT2D eigenvalue weighted by atomic mass is 32.2. The van der Waals surface area contributed by atoms with Gasteiger partial charge in [-0.2, -0.15) is 8.42 Å². The van der Waals surface area contributed by atoms with E-state index in [0.29, 0.717) is 19.4 Å². The van der Waals surface area contributed by atoms with E-state index in [4.69, 9.17) is 4.74 Å². The zero-order chi connectivity index (χ0) is 18.1. The molecule has 1 unspecified atom stereocenters. The average molecular weight is 357 g/mol. The summed E-state index contributed by atoms with van der Waals surface area (Å²) in [6.45, 7) is 3.91. The Kier molecular flexibility index (Phi) is 7.83. The fraction of sp³-hybridized carbons (Fsp3) is 0.500. The largest absolute Gasteiger partial charge is 0.466 e. The molecule has 0 amide bonds. The molecule has 0 saturated carbocycles. The third-order valence-corrected chi connectivity index (χ3v) is 3.44. The van der Waals surface area contributed by atoms with Gasteiger partial charge in [-0.05, 0) is 38.8 Å². The molecule has 0 aliphatic rings. The Balaban J connectivity index is 2.74. The molecule has 1 aromatic rings. The topological polar surface area (TPSA) is 128 Å². The van der Waals surface area contributed by atoms with Crippen molar-refractivity contribution in [2.45, 2.75) is 39.2 Å². The van der Waals surface area contributed by atoms with E-state index >= 15 is 0 Å². The second kappa shape index (κ2) is 9.60. The van der Waals surface area contributed by atoms with E-state index in [9.17, 15) is 23.3 Å². The summed E-state index contributed by atoms with van der Waals surface area (Å²) < 4.78 is 29.2. The second-order valence-electron chi connectivity index (χ2n) is 5.01. The lowest BCUT2D eigenvalue weighted by molar-refractivity contribution is -0.383. The van der Waals surface area contributed by atoms with Gasteiger partial charge in [0.1, 0.15) is 5.69 Å². The predicted octanol–water partition coefficient (Wildman–Crippen LogP) is 2.82. The van der Waals surface area contributed by atoms with Gasteiger partial charge in [0.05, 0.1) is 17.2 Å². The van der Waals surface area contributed by atoms with Gasteiger partial charge in [-0.25, -0.2) is 0 Å². The van der Waals surface area contributed by atoms with Crippen molar-refractivity contribution in [2.75, 3.05) is 11.9 Å². The van der Waals surface area contributed by atoms with Gasteiger partial charge in [0, 0.05) is 18.5 Å². The van der Waals surface area contributed by atoms with Gasteiger partial charge >= 0.3 is 16.5 Å². The summed E-state index contributed by atoms with van der Waals surface area (Å²) in [6, 6.07) is 3.75. The van der Waals surface area contributed by atoms with Crippen molar-refractivity contribution in [3.63, 3.8) is 0 Å². The van der Waals surface area contributed by atoms with Crippen molar-refractivity contribution in [2.24, 2.45) is 4.36 Å². The Bertz CT molecular complexity index is 724. The molecule has 0 spiro atoms. The molecule has 10 heteroatoms. The van der Waals surface area contributed by atoms with E-state index in [-0.39, 0.29) is 35.5 Å². The van der Waals surface area contributed by atoms with Gasteiger partial charge in [0.25, 0.3) is 5.69 Å². The number of carbonyl (C=O) groups excluding carboxylic acids is 1. The molecule has 0 aliphatic carbocycles. The molecule has 0 aliphatic heterocycles. The number of esters is 1. The number of nitro groups is 1. The molecule has 0 bridgehead atoms. The quantitative estimate of drug-likeness (QED) is 0.409. The van der Waals surface area contributed by atoms with Crippen molar-refractivity contribution in [1.29, 1.82) is 0 Å². The Morgan fingerprint density at radius 1 is 1.46 bits per heavy atom. The fourth-order valence-corrected chi connectivity index (χ4v) is 2.35. The first-order valence-corrected chi connectivity index (χ1v) is 8.38. The second-order valence-corrected chi connectivity index (χ2v) is 5.63. The third-order valence-electron chi connectivity index (χ3n) is 3.08. The summed E-state index contributed by atoms with van der Waals surface area (Å²) in [5.74, 6) is -0.271. The van der Waals surface area contributed by atoms with Crippen LogP contribution in [-0.2, 0) is 20.0 Å². The van der Waals surface area contributed by atoms with E-state index in [0.717, 1.165) is 6.07 Å². The van der Waals surface area contributed by atoms with Crippen molar-refractivity contribution < 1.29 is 22.9 Å².